The van der Waals surface area contributed by atoms with Crippen molar-refractivity contribution in [2.24, 2.45) is 0 Å². The minimum absolute atomic E-state index is 1.27. The van der Waals surface area contributed by atoms with Gasteiger partial charge < -0.3 is 0 Å². The van der Waals surface area contributed by atoms with Crippen LogP contribution in [0.2, 0.25) is 0 Å². The molecule has 34 heavy (non-hydrogen) atoms. The lowest BCUT2D eigenvalue weighted by atomic mass is 9.82. The molecule has 0 N–H and O–H groups in total. The number of rotatable bonds is 2. The molecule has 0 aliphatic carbocycles. The molecule has 7 aromatic carbocycles. The zero-order chi connectivity index (χ0) is 22.8. The van der Waals surface area contributed by atoms with Gasteiger partial charge in [-0.25, -0.2) is 0 Å². The maximum Gasteiger partial charge on any atom is -0.00175 e. The van der Waals surface area contributed by atoms with Crippen LogP contribution in [0.25, 0.3) is 65.3 Å². The van der Waals surface area contributed by atoms with Crippen molar-refractivity contribution in [1.29, 1.82) is 0 Å². The van der Waals surface area contributed by atoms with E-state index in [1.807, 2.05) is 0 Å². The quantitative estimate of drug-likeness (QED) is 0.239. The van der Waals surface area contributed by atoms with Crippen LogP contribution < -0.4 is 0 Å². The predicted molar refractivity (Wildman–Crippen MR) is 148 cm³/mol. The molecule has 160 valence electrons. The van der Waals surface area contributed by atoms with E-state index < -0.39 is 0 Å². The molecule has 0 spiro atoms. The Balaban J connectivity index is 1.64. The second-order valence-electron chi connectivity index (χ2n) is 9.43. The molecular formula is C34H24. The average Bonchev–Trinajstić information content (AvgIpc) is 2.88. The van der Waals surface area contributed by atoms with Gasteiger partial charge in [-0.15, -0.1) is 0 Å². The second-order valence-corrected chi connectivity index (χ2v) is 9.43. The van der Waals surface area contributed by atoms with Crippen LogP contribution in [0.5, 0.6) is 0 Å². The molecule has 0 fully saturated rings. The smallest absolute Gasteiger partial charge is 0.00175 e. The van der Waals surface area contributed by atoms with Crippen molar-refractivity contribution < 1.29 is 0 Å². The lowest BCUT2D eigenvalue weighted by Crippen LogP contribution is -1.95. The average molecular weight is 433 g/mol. The van der Waals surface area contributed by atoms with Gasteiger partial charge in [-0.05, 0) is 102 Å². The summed E-state index contributed by atoms with van der Waals surface area (Å²) >= 11 is 0. The number of hydrogen-bond acceptors (Lipinski definition) is 0. The Morgan fingerprint density at radius 2 is 1.15 bits per heavy atom. The Hall–Kier alpha value is -4.16. The van der Waals surface area contributed by atoms with Gasteiger partial charge in [0.2, 0.25) is 0 Å². The third-order valence-corrected chi connectivity index (χ3v) is 7.52. The molecule has 0 radical (unpaired) electrons. The van der Waals surface area contributed by atoms with Gasteiger partial charge >= 0.3 is 0 Å². The summed E-state index contributed by atoms with van der Waals surface area (Å²) in [5, 5.41) is 10.6. The molecule has 0 bridgehead atoms. The first-order valence-corrected chi connectivity index (χ1v) is 12.0. The Bertz CT molecular complexity index is 1870. The Kier molecular flexibility index (Phi) is 4.07. The Labute approximate surface area is 199 Å². The fourth-order valence-corrected chi connectivity index (χ4v) is 5.90. The van der Waals surface area contributed by atoms with E-state index in [0.29, 0.717) is 0 Å². The number of aryl methyl sites for hydroxylation is 2. The number of fused-ring (bicyclic) bond motifs is 1. The molecule has 0 unspecified atom stereocenters. The predicted octanol–water partition coefficient (Wildman–Crippen LogP) is 9.69. The van der Waals surface area contributed by atoms with Gasteiger partial charge in [0.25, 0.3) is 0 Å². The van der Waals surface area contributed by atoms with Gasteiger partial charge in [-0.2, -0.15) is 0 Å². The Morgan fingerprint density at radius 3 is 2.03 bits per heavy atom. The minimum atomic E-state index is 1.27. The SMILES string of the molecule is Cc1ccccc1-c1c(C)c2cccc3c(-c4ccc5ccccc5c4)cc4cccc1c4c32. The molecule has 7 aromatic rings. The van der Waals surface area contributed by atoms with Crippen molar-refractivity contribution in [2.45, 2.75) is 13.8 Å². The highest BCUT2D eigenvalue weighted by Crippen LogP contribution is 2.46. The molecule has 0 heterocycles. The standard InChI is InChI=1S/C34H24/c1-21-9-3-6-13-27(21)32-22(2)28-14-8-15-29-31(20-26-12-7-16-30(32)33(26)34(28)29)25-18-17-23-10-4-5-11-24(23)19-25/h3-20H,1-2H3. The van der Waals surface area contributed by atoms with E-state index in [-0.39, 0.29) is 0 Å². The third-order valence-electron chi connectivity index (χ3n) is 7.52. The fourth-order valence-electron chi connectivity index (χ4n) is 5.90. The summed E-state index contributed by atoms with van der Waals surface area (Å²) in [5.41, 5.74) is 7.94. The third kappa shape index (κ3) is 2.66. The van der Waals surface area contributed by atoms with Gasteiger partial charge in [0, 0.05) is 0 Å². The molecule has 0 amide bonds. The summed E-state index contributed by atoms with van der Waals surface area (Å²) in [4.78, 5) is 0. The monoisotopic (exact) mass is 432 g/mol. The van der Waals surface area contributed by atoms with E-state index in [1.165, 1.54) is 76.5 Å². The molecule has 0 saturated carbocycles. The molecular weight excluding hydrogens is 408 g/mol. The summed E-state index contributed by atoms with van der Waals surface area (Å²) < 4.78 is 0. The van der Waals surface area contributed by atoms with Gasteiger partial charge in [0.1, 0.15) is 0 Å². The first kappa shape index (κ1) is 19.3. The van der Waals surface area contributed by atoms with Crippen LogP contribution in [-0.4, -0.2) is 0 Å². The van der Waals surface area contributed by atoms with Crippen molar-refractivity contribution in [3.05, 3.63) is 120 Å². The van der Waals surface area contributed by atoms with Crippen molar-refractivity contribution in [2.75, 3.05) is 0 Å². The van der Waals surface area contributed by atoms with Crippen LogP contribution in [0.15, 0.2) is 109 Å². The van der Waals surface area contributed by atoms with Crippen LogP contribution in [0.1, 0.15) is 11.1 Å². The van der Waals surface area contributed by atoms with E-state index in [4.69, 9.17) is 0 Å². The van der Waals surface area contributed by atoms with Crippen LogP contribution >= 0.6 is 0 Å². The van der Waals surface area contributed by atoms with Crippen molar-refractivity contribution in [3.8, 4) is 22.3 Å². The topological polar surface area (TPSA) is 0 Å². The number of benzene rings is 7. The van der Waals surface area contributed by atoms with Crippen LogP contribution in [0, 0.1) is 13.8 Å². The first-order chi connectivity index (χ1) is 16.7. The zero-order valence-corrected chi connectivity index (χ0v) is 19.4. The van der Waals surface area contributed by atoms with E-state index in [9.17, 15) is 0 Å². The fraction of sp³-hybridized carbons (Fsp3) is 0.0588. The molecule has 7 rings (SSSR count). The van der Waals surface area contributed by atoms with Gasteiger partial charge in [-0.1, -0.05) is 97.1 Å². The van der Waals surface area contributed by atoms with Gasteiger partial charge in [-0.3, -0.25) is 0 Å². The van der Waals surface area contributed by atoms with E-state index in [1.54, 1.807) is 0 Å². The zero-order valence-electron chi connectivity index (χ0n) is 19.4. The van der Waals surface area contributed by atoms with Crippen molar-refractivity contribution >= 4 is 43.1 Å². The molecule has 0 aromatic heterocycles. The lowest BCUT2D eigenvalue weighted by molar-refractivity contribution is 1.44. The van der Waals surface area contributed by atoms with Crippen LogP contribution in [-0.2, 0) is 0 Å². The van der Waals surface area contributed by atoms with Crippen LogP contribution in [0.4, 0.5) is 0 Å². The molecule has 0 nitrogen and oxygen atoms in total. The summed E-state index contributed by atoms with van der Waals surface area (Å²) in [5.74, 6) is 0. The molecule has 0 aliphatic heterocycles. The van der Waals surface area contributed by atoms with Crippen molar-refractivity contribution in [1.82, 2.24) is 0 Å². The summed E-state index contributed by atoms with van der Waals surface area (Å²) in [6.45, 7) is 4.51. The highest BCUT2D eigenvalue weighted by Gasteiger charge is 2.19. The van der Waals surface area contributed by atoms with E-state index in [2.05, 4.69) is 123 Å². The Morgan fingerprint density at radius 1 is 0.441 bits per heavy atom. The first-order valence-electron chi connectivity index (χ1n) is 12.0. The summed E-state index contributed by atoms with van der Waals surface area (Å²) in [6, 6.07) is 40.2. The molecule has 0 aliphatic rings. The summed E-state index contributed by atoms with van der Waals surface area (Å²) in [7, 11) is 0. The maximum atomic E-state index is 2.39. The van der Waals surface area contributed by atoms with Gasteiger partial charge in [0.05, 0.1) is 0 Å². The largest absolute Gasteiger partial charge is 0.0620 e. The molecule has 0 saturated heterocycles. The highest BCUT2D eigenvalue weighted by molar-refractivity contribution is 6.30. The molecule has 0 atom stereocenters. The summed E-state index contributed by atoms with van der Waals surface area (Å²) in [6.07, 6.45) is 0. The normalized spacial score (nSPS) is 11.8. The van der Waals surface area contributed by atoms with Crippen molar-refractivity contribution in [3.63, 3.8) is 0 Å². The van der Waals surface area contributed by atoms with Gasteiger partial charge in [0.15, 0.2) is 0 Å². The maximum absolute atomic E-state index is 2.39. The molecule has 0 heteroatoms. The highest BCUT2D eigenvalue weighted by atomic mass is 14.2. The lowest BCUT2D eigenvalue weighted by Gasteiger charge is -2.21. The van der Waals surface area contributed by atoms with E-state index >= 15 is 0 Å². The number of hydrogen-bond donors (Lipinski definition) is 0. The van der Waals surface area contributed by atoms with E-state index in [0.717, 1.165) is 0 Å². The van der Waals surface area contributed by atoms with Crippen LogP contribution in [0.3, 0.4) is 0 Å². The second kappa shape index (κ2) is 7.17. The minimum Gasteiger partial charge on any atom is -0.0620 e.